The molecule has 5 rings (SSSR count). The van der Waals surface area contributed by atoms with E-state index >= 15 is 0 Å². The van der Waals surface area contributed by atoms with Gasteiger partial charge in [0.1, 0.15) is 5.75 Å². The zero-order chi connectivity index (χ0) is 28.9. The quantitative estimate of drug-likeness (QED) is 0.286. The van der Waals surface area contributed by atoms with Crippen LogP contribution < -0.4 is 14.4 Å². The van der Waals surface area contributed by atoms with Crippen LogP contribution in [0.15, 0.2) is 72.8 Å². The van der Waals surface area contributed by atoms with Crippen molar-refractivity contribution >= 4 is 17.6 Å². The number of carbonyl (C=O) groups excluding carboxylic acids is 2. The summed E-state index contributed by atoms with van der Waals surface area (Å²) in [4.78, 5) is 29.3. The Bertz CT molecular complexity index is 1530. The van der Waals surface area contributed by atoms with Crippen LogP contribution in [0.1, 0.15) is 27.8 Å². The Morgan fingerprint density at radius 1 is 0.854 bits per heavy atom. The molecule has 10 heteroatoms. The van der Waals surface area contributed by atoms with E-state index in [1.54, 1.807) is 35.7 Å². The van der Waals surface area contributed by atoms with Crippen molar-refractivity contribution in [2.45, 2.75) is 6.92 Å². The summed E-state index contributed by atoms with van der Waals surface area (Å²) in [5.74, 6) is -0.415. The fraction of sp³-hybridized carbons (Fsp3) is 0.258. The lowest BCUT2D eigenvalue weighted by Gasteiger charge is -2.36. The van der Waals surface area contributed by atoms with Crippen molar-refractivity contribution in [1.82, 2.24) is 14.7 Å². The van der Waals surface area contributed by atoms with Crippen LogP contribution in [-0.2, 0) is 4.74 Å². The van der Waals surface area contributed by atoms with Gasteiger partial charge < -0.3 is 24.0 Å². The number of rotatable bonds is 8. The normalized spacial score (nSPS) is 13.2. The Morgan fingerprint density at radius 2 is 1.54 bits per heavy atom. The van der Waals surface area contributed by atoms with Gasteiger partial charge in [-0.15, -0.1) is 0 Å². The maximum atomic E-state index is 14.1. The number of nitrogens with zero attached hydrogens (tertiary/aromatic N) is 4. The molecule has 2 heterocycles. The third-order valence-electron chi connectivity index (χ3n) is 7.00. The van der Waals surface area contributed by atoms with E-state index in [1.165, 1.54) is 19.2 Å². The summed E-state index contributed by atoms with van der Waals surface area (Å²) in [5, 5.41) is 4.53. The van der Waals surface area contributed by atoms with Gasteiger partial charge in [-0.05, 0) is 67.6 Å². The first-order chi connectivity index (χ1) is 19.9. The van der Waals surface area contributed by atoms with Crippen LogP contribution in [0, 0.1) is 5.82 Å². The highest BCUT2D eigenvalue weighted by molar-refractivity contribution is 5.94. The number of piperazine rings is 1. The number of esters is 1. The molecule has 1 amide bonds. The highest BCUT2D eigenvalue weighted by Gasteiger charge is 2.24. The van der Waals surface area contributed by atoms with Gasteiger partial charge in [0.2, 0.25) is 0 Å². The summed E-state index contributed by atoms with van der Waals surface area (Å²) >= 11 is 0. The molecule has 1 aromatic heterocycles. The van der Waals surface area contributed by atoms with Crippen molar-refractivity contribution in [2.75, 3.05) is 51.9 Å². The van der Waals surface area contributed by atoms with Crippen LogP contribution in [0.4, 0.5) is 10.1 Å². The van der Waals surface area contributed by atoms with Crippen molar-refractivity contribution < 1.29 is 28.2 Å². The molecule has 0 bridgehead atoms. The molecular weight excluding hydrogens is 527 g/mol. The molecule has 1 fully saturated rings. The number of hydrogen-bond acceptors (Lipinski definition) is 7. The Morgan fingerprint density at radius 3 is 2.15 bits per heavy atom. The third kappa shape index (κ3) is 5.86. The molecule has 41 heavy (non-hydrogen) atoms. The van der Waals surface area contributed by atoms with Crippen LogP contribution in [0.2, 0.25) is 0 Å². The number of aromatic nitrogens is 2. The molecule has 0 aliphatic carbocycles. The lowest BCUT2D eigenvalue weighted by Crippen LogP contribution is -2.48. The number of carbonyl (C=O) groups is 2. The topological polar surface area (TPSA) is 86.1 Å². The molecule has 212 valence electrons. The molecule has 1 aliphatic rings. The second-order valence-electron chi connectivity index (χ2n) is 9.42. The standard InChI is InChI=1S/C31H31FN4O5/c1-4-41-31(38)27-20-28(36(33-27)24-10-12-25(39-2)13-11-24)21-5-8-23(9-6-21)34-15-17-35(18-16-34)30(37)22-7-14-29(40-3)26(32)19-22/h5-14,19-20H,4,15-18H2,1-3H3. The van der Waals surface area contributed by atoms with E-state index < -0.39 is 11.8 Å². The average molecular weight is 559 g/mol. The molecule has 0 radical (unpaired) electrons. The molecule has 1 aliphatic heterocycles. The Labute approximate surface area is 237 Å². The molecule has 0 N–H and O–H groups in total. The molecule has 3 aromatic carbocycles. The maximum Gasteiger partial charge on any atom is 0.358 e. The van der Waals surface area contributed by atoms with E-state index in [9.17, 15) is 14.0 Å². The van der Waals surface area contributed by atoms with Gasteiger partial charge in [0.15, 0.2) is 17.3 Å². The van der Waals surface area contributed by atoms with Crippen molar-refractivity contribution in [1.29, 1.82) is 0 Å². The number of halogens is 1. The highest BCUT2D eigenvalue weighted by atomic mass is 19.1. The minimum absolute atomic E-state index is 0.110. The molecule has 4 aromatic rings. The fourth-order valence-corrected chi connectivity index (χ4v) is 4.80. The van der Waals surface area contributed by atoms with Gasteiger partial charge in [0.25, 0.3) is 5.91 Å². The van der Waals surface area contributed by atoms with E-state index in [-0.39, 0.29) is 24.0 Å². The molecular formula is C31H31FN4O5. The summed E-state index contributed by atoms with van der Waals surface area (Å²) in [6.45, 7) is 4.32. The zero-order valence-electron chi connectivity index (χ0n) is 23.2. The predicted molar refractivity (Wildman–Crippen MR) is 153 cm³/mol. The number of benzene rings is 3. The van der Waals surface area contributed by atoms with Crippen LogP contribution in [0.5, 0.6) is 11.5 Å². The zero-order valence-corrected chi connectivity index (χ0v) is 23.2. The predicted octanol–water partition coefficient (Wildman–Crippen LogP) is 4.83. The number of ether oxygens (including phenoxy) is 3. The van der Waals surface area contributed by atoms with Crippen LogP contribution in [0.25, 0.3) is 16.9 Å². The SMILES string of the molecule is CCOC(=O)c1cc(-c2ccc(N3CCN(C(=O)c4ccc(OC)c(F)c4)CC3)cc2)n(-c2ccc(OC)cc2)n1. The first-order valence-electron chi connectivity index (χ1n) is 13.3. The van der Waals surface area contributed by atoms with E-state index in [1.807, 2.05) is 48.5 Å². The monoisotopic (exact) mass is 558 g/mol. The number of methoxy groups -OCH3 is 2. The maximum absolute atomic E-state index is 14.1. The van der Waals surface area contributed by atoms with Crippen molar-refractivity contribution in [3.8, 4) is 28.4 Å². The molecule has 9 nitrogen and oxygen atoms in total. The van der Waals surface area contributed by atoms with Gasteiger partial charge in [-0.25, -0.2) is 13.9 Å². The van der Waals surface area contributed by atoms with Gasteiger partial charge in [0.05, 0.1) is 32.2 Å². The second kappa shape index (κ2) is 12.1. The Hall–Kier alpha value is -4.86. The minimum atomic E-state index is -0.556. The average Bonchev–Trinajstić information content (AvgIpc) is 3.47. The van der Waals surface area contributed by atoms with Crippen LogP contribution in [0.3, 0.4) is 0 Å². The van der Waals surface area contributed by atoms with Crippen LogP contribution >= 0.6 is 0 Å². The summed E-state index contributed by atoms with van der Waals surface area (Å²) in [6, 6.07) is 21.4. The molecule has 0 saturated carbocycles. The molecule has 1 saturated heterocycles. The molecule has 0 unspecified atom stereocenters. The Kier molecular flexibility index (Phi) is 8.19. The molecule has 0 spiro atoms. The first-order valence-corrected chi connectivity index (χ1v) is 13.3. The smallest absolute Gasteiger partial charge is 0.358 e. The van der Waals surface area contributed by atoms with Crippen molar-refractivity contribution in [2.24, 2.45) is 0 Å². The number of hydrogen-bond donors (Lipinski definition) is 0. The summed E-state index contributed by atoms with van der Waals surface area (Å²) in [6.07, 6.45) is 0. The van der Waals surface area contributed by atoms with E-state index in [2.05, 4.69) is 10.00 Å². The van der Waals surface area contributed by atoms with E-state index in [0.29, 0.717) is 31.7 Å². The third-order valence-corrected chi connectivity index (χ3v) is 7.00. The summed E-state index contributed by atoms with van der Waals surface area (Å²) in [5.41, 5.74) is 3.93. The summed E-state index contributed by atoms with van der Waals surface area (Å²) < 4.78 is 31.2. The van der Waals surface area contributed by atoms with Crippen LogP contribution in [-0.4, -0.2) is 73.6 Å². The van der Waals surface area contributed by atoms with E-state index in [4.69, 9.17) is 14.2 Å². The largest absolute Gasteiger partial charge is 0.497 e. The fourth-order valence-electron chi connectivity index (χ4n) is 4.80. The van der Waals surface area contributed by atoms with Gasteiger partial charge in [0, 0.05) is 43.0 Å². The van der Waals surface area contributed by atoms with Gasteiger partial charge in [-0.2, -0.15) is 5.10 Å². The summed E-state index contributed by atoms with van der Waals surface area (Å²) in [7, 11) is 3.00. The minimum Gasteiger partial charge on any atom is -0.497 e. The second-order valence-corrected chi connectivity index (χ2v) is 9.42. The lowest BCUT2D eigenvalue weighted by atomic mass is 10.1. The van der Waals surface area contributed by atoms with Gasteiger partial charge in [-0.3, -0.25) is 4.79 Å². The first kappa shape index (κ1) is 27.7. The van der Waals surface area contributed by atoms with Gasteiger partial charge in [-0.1, -0.05) is 12.1 Å². The highest BCUT2D eigenvalue weighted by Crippen LogP contribution is 2.28. The van der Waals surface area contributed by atoms with E-state index in [0.717, 1.165) is 28.4 Å². The van der Waals surface area contributed by atoms with Crippen molar-refractivity contribution in [3.05, 3.63) is 89.9 Å². The van der Waals surface area contributed by atoms with Crippen molar-refractivity contribution in [3.63, 3.8) is 0 Å². The number of amides is 1. The Balaban J connectivity index is 1.31. The van der Waals surface area contributed by atoms with Gasteiger partial charge >= 0.3 is 5.97 Å². The lowest BCUT2D eigenvalue weighted by molar-refractivity contribution is 0.0518. The molecule has 0 atom stereocenters. The number of anilines is 1.